The Hall–Kier alpha value is -0.480. The number of aliphatic hydroxyl groups is 1. The smallest absolute Gasteiger partial charge is 0.131 e. The van der Waals surface area contributed by atoms with Gasteiger partial charge in [-0.3, -0.25) is 0 Å². The van der Waals surface area contributed by atoms with Gasteiger partial charge in [0.2, 0.25) is 0 Å². The van der Waals surface area contributed by atoms with Crippen molar-refractivity contribution in [1.82, 2.24) is 0 Å². The monoisotopic (exact) mass is 186 g/mol. The van der Waals surface area contributed by atoms with Crippen LogP contribution < -0.4 is 0 Å². The molecule has 1 nitrogen and oxygen atoms in total. The molecule has 5 fully saturated rings. The van der Waals surface area contributed by atoms with Gasteiger partial charge in [0, 0.05) is 11.8 Å². The Bertz CT molecular complexity index is 389. The largest absolute Gasteiger partial charge is 0.377 e. The fourth-order valence-electron chi connectivity index (χ4n) is 6.74. The van der Waals surface area contributed by atoms with E-state index in [2.05, 4.69) is 5.92 Å². The molecule has 0 aromatic carbocycles. The standard InChI is InChI=1S/C13H14O/c1-2-13(14)11-6-4-7-9-5(6)3-8(11)10(9)12(7)13/h1,5-12,14H,3-4H2/t5?,6?,7?,8?,9?,10?,11?,12?,13-/m0/s1. The van der Waals surface area contributed by atoms with Crippen molar-refractivity contribution >= 4 is 0 Å². The van der Waals surface area contributed by atoms with Crippen LogP contribution in [0.5, 0.6) is 0 Å². The zero-order valence-corrected chi connectivity index (χ0v) is 8.06. The van der Waals surface area contributed by atoms with Crippen molar-refractivity contribution in [3.8, 4) is 12.3 Å². The lowest BCUT2D eigenvalue weighted by Gasteiger charge is -2.49. The summed E-state index contributed by atoms with van der Waals surface area (Å²) in [4.78, 5) is 0. The summed E-state index contributed by atoms with van der Waals surface area (Å²) in [6, 6.07) is 0. The molecule has 0 radical (unpaired) electrons. The lowest BCUT2D eigenvalue weighted by atomic mass is 9.56. The summed E-state index contributed by atoms with van der Waals surface area (Å²) in [6.07, 6.45) is 8.41. The van der Waals surface area contributed by atoms with E-state index in [-0.39, 0.29) is 0 Å². The zero-order valence-electron chi connectivity index (χ0n) is 8.06. The summed E-state index contributed by atoms with van der Waals surface area (Å²) >= 11 is 0. The van der Waals surface area contributed by atoms with Crippen LogP contribution >= 0.6 is 0 Å². The maximum absolute atomic E-state index is 10.6. The van der Waals surface area contributed by atoms with Crippen LogP contribution in [-0.2, 0) is 0 Å². The first-order valence-electron chi connectivity index (χ1n) is 5.97. The minimum Gasteiger partial charge on any atom is -0.377 e. The van der Waals surface area contributed by atoms with Crippen LogP contribution in [0.15, 0.2) is 0 Å². The van der Waals surface area contributed by atoms with Crippen LogP contribution in [0.2, 0.25) is 0 Å². The zero-order chi connectivity index (χ0) is 9.24. The second-order valence-corrected chi connectivity index (χ2v) is 6.30. The van der Waals surface area contributed by atoms with E-state index in [4.69, 9.17) is 6.42 Å². The first-order valence-corrected chi connectivity index (χ1v) is 5.97. The molecule has 5 aliphatic carbocycles. The fraction of sp³-hybridized carbons (Fsp3) is 0.846. The first-order chi connectivity index (χ1) is 6.77. The molecule has 0 amide bonds. The quantitative estimate of drug-likeness (QED) is 0.562. The molecule has 0 heterocycles. The highest BCUT2D eigenvalue weighted by Gasteiger charge is 2.84. The van der Waals surface area contributed by atoms with Crippen molar-refractivity contribution in [2.24, 2.45) is 47.3 Å². The summed E-state index contributed by atoms with van der Waals surface area (Å²) in [5.41, 5.74) is -0.676. The molecule has 5 saturated carbocycles. The summed E-state index contributed by atoms with van der Waals surface area (Å²) in [5, 5.41) is 10.6. The molecular weight excluding hydrogens is 172 g/mol. The third-order valence-corrected chi connectivity index (χ3v) is 6.61. The van der Waals surface area contributed by atoms with Crippen molar-refractivity contribution in [3.63, 3.8) is 0 Å². The number of hydrogen-bond donors (Lipinski definition) is 1. The minimum atomic E-state index is -0.676. The van der Waals surface area contributed by atoms with Gasteiger partial charge in [-0.15, -0.1) is 6.42 Å². The number of hydrogen-bond acceptors (Lipinski definition) is 1. The molecule has 0 aliphatic heterocycles. The van der Waals surface area contributed by atoms with Gasteiger partial charge in [0.1, 0.15) is 5.60 Å². The van der Waals surface area contributed by atoms with Gasteiger partial charge in [-0.25, -0.2) is 0 Å². The Balaban J connectivity index is 1.83. The van der Waals surface area contributed by atoms with E-state index in [0.717, 1.165) is 35.5 Å². The average Bonchev–Trinajstić information content (AvgIpc) is 2.63. The normalized spacial score (nSPS) is 79.4. The molecule has 1 heteroatoms. The Morgan fingerprint density at radius 1 is 1.00 bits per heavy atom. The van der Waals surface area contributed by atoms with Crippen molar-refractivity contribution < 1.29 is 5.11 Å². The highest BCUT2D eigenvalue weighted by Crippen LogP contribution is 2.85. The Kier molecular flexibility index (Phi) is 0.775. The van der Waals surface area contributed by atoms with E-state index in [9.17, 15) is 5.11 Å². The maximum Gasteiger partial charge on any atom is 0.131 e. The van der Waals surface area contributed by atoms with Crippen LogP contribution in [0.4, 0.5) is 0 Å². The van der Waals surface area contributed by atoms with E-state index in [0.29, 0.717) is 11.8 Å². The van der Waals surface area contributed by atoms with Gasteiger partial charge >= 0.3 is 0 Å². The molecule has 14 heavy (non-hydrogen) atoms. The van der Waals surface area contributed by atoms with Gasteiger partial charge in [-0.05, 0) is 48.3 Å². The summed E-state index contributed by atoms with van der Waals surface area (Å²) in [5.74, 6) is 9.04. The lowest BCUT2D eigenvalue weighted by molar-refractivity contribution is -0.0921. The van der Waals surface area contributed by atoms with Crippen molar-refractivity contribution in [1.29, 1.82) is 0 Å². The average molecular weight is 186 g/mol. The molecule has 72 valence electrons. The predicted octanol–water partition coefficient (Wildman–Crippen LogP) is 1.13. The number of rotatable bonds is 0. The van der Waals surface area contributed by atoms with E-state index in [1.807, 2.05) is 0 Å². The molecule has 0 aromatic rings. The van der Waals surface area contributed by atoms with Crippen molar-refractivity contribution in [2.45, 2.75) is 18.4 Å². The van der Waals surface area contributed by atoms with Gasteiger partial charge in [0.25, 0.3) is 0 Å². The van der Waals surface area contributed by atoms with E-state index in [1.54, 1.807) is 0 Å². The highest BCUT2D eigenvalue weighted by molar-refractivity contribution is 5.37. The predicted molar refractivity (Wildman–Crippen MR) is 50.9 cm³/mol. The van der Waals surface area contributed by atoms with E-state index < -0.39 is 5.60 Å². The SMILES string of the molecule is C#C[C@]1(O)C2C3CC4C5C3CC2C5C41. The van der Waals surface area contributed by atoms with Crippen LogP contribution in [0, 0.1) is 59.7 Å². The molecule has 0 saturated heterocycles. The van der Waals surface area contributed by atoms with Gasteiger partial charge in [0.05, 0.1) is 0 Å². The van der Waals surface area contributed by atoms with Gasteiger partial charge in [-0.2, -0.15) is 0 Å². The van der Waals surface area contributed by atoms with Crippen LogP contribution in [-0.4, -0.2) is 10.7 Å². The van der Waals surface area contributed by atoms with Crippen LogP contribution in [0.25, 0.3) is 0 Å². The number of terminal acetylenes is 1. The summed E-state index contributed by atoms with van der Waals surface area (Å²) in [7, 11) is 0. The molecule has 0 aromatic heterocycles. The van der Waals surface area contributed by atoms with Crippen LogP contribution in [0.3, 0.4) is 0 Å². The third kappa shape index (κ3) is 0.372. The Labute approximate surface area is 83.9 Å². The van der Waals surface area contributed by atoms with Gasteiger partial charge in [-0.1, -0.05) is 5.92 Å². The van der Waals surface area contributed by atoms with Crippen molar-refractivity contribution in [3.05, 3.63) is 0 Å². The van der Waals surface area contributed by atoms with E-state index in [1.165, 1.54) is 12.8 Å². The van der Waals surface area contributed by atoms with E-state index >= 15 is 0 Å². The maximum atomic E-state index is 10.6. The first kappa shape index (κ1) is 6.90. The second-order valence-electron chi connectivity index (χ2n) is 6.30. The topological polar surface area (TPSA) is 20.2 Å². The summed E-state index contributed by atoms with van der Waals surface area (Å²) < 4.78 is 0. The van der Waals surface area contributed by atoms with Gasteiger partial charge in [0.15, 0.2) is 0 Å². The minimum absolute atomic E-state index is 0.502. The highest BCUT2D eigenvalue weighted by atomic mass is 16.3. The fourth-order valence-corrected chi connectivity index (χ4v) is 6.74. The van der Waals surface area contributed by atoms with Crippen molar-refractivity contribution in [2.75, 3.05) is 0 Å². The molecule has 5 aliphatic rings. The molecule has 9 atom stereocenters. The lowest BCUT2D eigenvalue weighted by Crippen LogP contribution is -2.53. The molecule has 2 bridgehead atoms. The second kappa shape index (κ2) is 1.57. The molecule has 1 N–H and O–H groups in total. The molecular formula is C13H14O. The Morgan fingerprint density at radius 3 is 2.50 bits per heavy atom. The molecule has 8 unspecified atom stereocenters. The van der Waals surface area contributed by atoms with Crippen LogP contribution in [0.1, 0.15) is 12.8 Å². The number of fused-ring (bicyclic) bond motifs is 2. The Morgan fingerprint density at radius 2 is 1.71 bits per heavy atom. The third-order valence-electron chi connectivity index (χ3n) is 6.61. The molecule has 0 spiro atoms. The molecule has 5 rings (SSSR count). The summed E-state index contributed by atoms with van der Waals surface area (Å²) in [6.45, 7) is 0. The van der Waals surface area contributed by atoms with Gasteiger partial charge < -0.3 is 5.11 Å².